The van der Waals surface area contributed by atoms with Gasteiger partial charge in [0.15, 0.2) is 0 Å². The predicted octanol–water partition coefficient (Wildman–Crippen LogP) is 1.89. The molecule has 0 spiro atoms. The van der Waals surface area contributed by atoms with Crippen LogP contribution >= 0.6 is 12.6 Å². The molecule has 1 aliphatic heterocycles. The van der Waals surface area contributed by atoms with Crippen molar-refractivity contribution in [3.8, 4) is 0 Å². The van der Waals surface area contributed by atoms with E-state index in [2.05, 4.69) is 17.5 Å². The minimum absolute atomic E-state index is 0. The average molecular weight is 456 g/mol. The van der Waals surface area contributed by atoms with E-state index in [9.17, 15) is 17.7 Å². The summed E-state index contributed by atoms with van der Waals surface area (Å²) in [6.07, 6.45) is -1.27. The average Bonchev–Trinajstić information content (AvgIpc) is 2.55. The predicted molar refractivity (Wildman–Crippen MR) is 111 cm³/mol. The fraction of sp³-hybridized carbons (Fsp3) is 0.632. The Hall–Kier alpha value is 0.131. The fourth-order valence-corrected chi connectivity index (χ4v) is 3.93. The SMILES string of the molecule is Cc1c(S)c(C)c(N2CCN(C(=O)OC(C)(C)C)CC2)c(C)c1C[B-](F)(F)F.[K+]. The molecule has 0 N–H and O–H groups in total. The number of anilines is 1. The Labute approximate surface area is 219 Å². The van der Waals surface area contributed by atoms with Crippen molar-refractivity contribution < 1.29 is 73.9 Å². The molecule has 0 bridgehead atoms. The number of piperazine rings is 1. The van der Waals surface area contributed by atoms with E-state index in [-0.39, 0.29) is 57.5 Å². The molecule has 158 valence electrons. The van der Waals surface area contributed by atoms with Crippen molar-refractivity contribution in [2.45, 2.75) is 58.4 Å². The number of rotatable bonds is 3. The molecule has 10 heteroatoms. The first-order chi connectivity index (χ1) is 12.7. The molecule has 0 radical (unpaired) electrons. The third-order valence-electron chi connectivity index (χ3n) is 5.01. The monoisotopic (exact) mass is 456 g/mol. The zero-order chi connectivity index (χ0) is 21.4. The van der Waals surface area contributed by atoms with Crippen LogP contribution in [-0.2, 0) is 11.1 Å². The molecule has 0 atom stereocenters. The van der Waals surface area contributed by atoms with Crippen molar-refractivity contribution in [2.24, 2.45) is 0 Å². The molecule has 0 unspecified atom stereocenters. The number of carbonyl (C=O) groups is 1. The number of nitrogens with zero attached hydrogens (tertiary/aromatic N) is 2. The van der Waals surface area contributed by atoms with Crippen LogP contribution in [-0.4, -0.2) is 49.8 Å². The number of halogens is 3. The van der Waals surface area contributed by atoms with Crippen molar-refractivity contribution in [3.05, 3.63) is 22.3 Å². The molecule has 1 aliphatic rings. The Morgan fingerprint density at radius 1 is 1.03 bits per heavy atom. The minimum atomic E-state index is -4.94. The number of thiol groups is 1. The number of hydrogen-bond acceptors (Lipinski definition) is 4. The maximum absolute atomic E-state index is 13.1. The van der Waals surface area contributed by atoms with Gasteiger partial charge in [0.2, 0.25) is 0 Å². The summed E-state index contributed by atoms with van der Waals surface area (Å²) in [6.45, 7) is 7.84. The van der Waals surface area contributed by atoms with Gasteiger partial charge in [0.05, 0.1) is 0 Å². The summed E-state index contributed by atoms with van der Waals surface area (Å²) in [5.41, 5.74) is 2.67. The first-order valence-electron chi connectivity index (χ1n) is 9.46. The molecule has 1 saturated heterocycles. The number of amides is 1. The van der Waals surface area contributed by atoms with Crippen molar-refractivity contribution in [3.63, 3.8) is 0 Å². The first kappa shape index (κ1) is 27.2. The van der Waals surface area contributed by atoms with Crippen LogP contribution < -0.4 is 56.3 Å². The Balaban J connectivity index is 0.00000420. The van der Waals surface area contributed by atoms with Crippen LogP contribution in [0.4, 0.5) is 23.4 Å². The summed E-state index contributed by atoms with van der Waals surface area (Å²) in [4.78, 5) is 16.5. The number of hydrogen-bond donors (Lipinski definition) is 1. The maximum Gasteiger partial charge on any atom is 1.00 e. The van der Waals surface area contributed by atoms with Crippen LogP contribution in [0.5, 0.6) is 0 Å². The van der Waals surface area contributed by atoms with Crippen LogP contribution in [0.25, 0.3) is 0 Å². The fourth-order valence-electron chi connectivity index (χ4n) is 3.69. The smallest absolute Gasteiger partial charge is 0.449 e. The molecule has 1 aromatic carbocycles. The molecule has 1 fully saturated rings. The third kappa shape index (κ3) is 7.07. The standard InChI is InChI=1S/C19H29BF3N2O2S.K/c1-12-15(11-20(21,22)23)13(2)17(28)14(3)16(12)24-7-9-25(10-8-24)18(26)27-19(4,5)6;/h28H,7-11H2,1-6H3;/q-1;+1. The second-order valence-corrected chi connectivity index (χ2v) is 8.87. The van der Waals surface area contributed by atoms with E-state index >= 15 is 0 Å². The van der Waals surface area contributed by atoms with E-state index in [1.807, 2.05) is 27.7 Å². The first-order valence-corrected chi connectivity index (χ1v) is 9.91. The van der Waals surface area contributed by atoms with Gasteiger partial charge >= 0.3 is 64.5 Å². The maximum atomic E-state index is 13.1. The van der Waals surface area contributed by atoms with E-state index in [4.69, 9.17) is 4.74 Å². The zero-order valence-electron chi connectivity index (χ0n) is 18.4. The molecule has 1 amide bonds. The van der Waals surface area contributed by atoms with Crippen molar-refractivity contribution in [1.29, 1.82) is 0 Å². The summed E-state index contributed by atoms with van der Waals surface area (Å²) in [7, 11) is 0. The van der Waals surface area contributed by atoms with E-state index in [1.165, 1.54) is 0 Å². The van der Waals surface area contributed by atoms with Gasteiger partial charge in [-0.05, 0) is 58.2 Å². The molecule has 0 aromatic heterocycles. The molecule has 0 aliphatic carbocycles. The van der Waals surface area contributed by atoms with Gasteiger partial charge in [-0.3, -0.25) is 0 Å². The summed E-state index contributed by atoms with van der Waals surface area (Å²) >= 11 is 4.49. The third-order valence-corrected chi connectivity index (χ3v) is 5.68. The van der Waals surface area contributed by atoms with Crippen molar-refractivity contribution in [2.75, 3.05) is 31.1 Å². The van der Waals surface area contributed by atoms with Crippen LogP contribution in [0.2, 0.25) is 0 Å². The van der Waals surface area contributed by atoms with Gasteiger partial charge in [0.25, 0.3) is 0 Å². The van der Waals surface area contributed by atoms with Gasteiger partial charge in [0.1, 0.15) is 5.60 Å². The Kier molecular flexibility index (Phi) is 9.52. The number of carbonyl (C=O) groups excluding carboxylic acids is 1. The summed E-state index contributed by atoms with van der Waals surface area (Å²) in [5.74, 6) is 0. The van der Waals surface area contributed by atoms with Crippen molar-refractivity contribution >= 4 is 31.4 Å². The van der Waals surface area contributed by atoms with Gasteiger partial charge in [0, 0.05) is 36.8 Å². The van der Waals surface area contributed by atoms with Gasteiger partial charge in [-0.25, -0.2) is 4.79 Å². The summed E-state index contributed by atoms with van der Waals surface area (Å²) in [6, 6.07) is 0. The van der Waals surface area contributed by atoms with E-state index in [0.29, 0.717) is 47.8 Å². The molecular formula is C19H29BF3KN2O2S. The topological polar surface area (TPSA) is 32.8 Å². The second-order valence-electron chi connectivity index (χ2n) is 8.42. The van der Waals surface area contributed by atoms with Gasteiger partial charge in [-0.1, -0.05) is 11.9 Å². The second kappa shape index (κ2) is 10.2. The normalized spacial score (nSPS) is 15.2. The van der Waals surface area contributed by atoms with Crippen LogP contribution in [0.15, 0.2) is 4.90 Å². The van der Waals surface area contributed by atoms with Crippen LogP contribution in [0.3, 0.4) is 0 Å². The number of ether oxygens (including phenoxy) is 1. The van der Waals surface area contributed by atoms with Gasteiger partial charge in [-0.15, -0.1) is 12.6 Å². The van der Waals surface area contributed by atoms with Crippen molar-refractivity contribution in [1.82, 2.24) is 4.90 Å². The molecule has 29 heavy (non-hydrogen) atoms. The van der Waals surface area contributed by atoms with E-state index < -0.39 is 18.9 Å². The molecular weight excluding hydrogens is 427 g/mol. The molecule has 1 heterocycles. The number of benzene rings is 1. The Bertz CT molecular complexity index is 762. The van der Waals surface area contributed by atoms with Gasteiger partial charge in [-0.2, -0.15) is 0 Å². The van der Waals surface area contributed by atoms with E-state index in [0.717, 1.165) is 11.3 Å². The Morgan fingerprint density at radius 2 is 1.55 bits per heavy atom. The molecule has 0 saturated carbocycles. The Morgan fingerprint density at radius 3 is 2.00 bits per heavy atom. The van der Waals surface area contributed by atoms with E-state index in [1.54, 1.807) is 18.7 Å². The molecule has 4 nitrogen and oxygen atoms in total. The quantitative estimate of drug-likeness (QED) is 0.557. The van der Waals surface area contributed by atoms with Crippen LogP contribution in [0.1, 0.15) is 43.0 Å². The van der Waals surface area contributed by atoms with Crippen LogP contribution in [0, 0.1) is 20.8 Å². The van der Waals surface area contributed by atoms with Gasteiger partial charge < -0.3 is 27.5 Å². The summed E-state index contributed by atoms with van der Waals surface area (Å²) < 4.78 is 44.9. The molecule has 2 rings (SSSR count). The largest absolute Gasteiger partial charge is 1.00 e. The molecule has 1 aromatic rings. The minimum Gasteiger partial charge on any atom is -0.449 e. The zero-order valence-corrected chi connectivity index (χ0v) is 22.4. The summed E-state index contributed by atoms with van der Waals surface area (Å²) in [5, 5.41) is 0.